The Kier molecular flexibility index (Phi) is 5.24. The van der Waals surface area contributed by atoms with Gasteiger partial charge in [0.05, 0.1) is 4.90 Å². The van der Waals surface area contributed by atoms with Crippen molar-refractivity contribution in [1.82, 2.24) is 4.31 Å². The van der Waals surface area contributed by atoms with E-state index < -0.39 is 10.0 Å². The monoisotopic (exact) mass is 304 g/mol. The third-order valence-electron chi connectivity index (χ3n) is 3.48. The van der Waals surface area contributed by atoms with Crippen molar-refractivity contribution < 1.29 is 8.42 Å². The SMILES string of the molecule is CCC(CC)N(C)S(=O)(=O)c1cc(Cl)cc(N)c1C. The molecule has 0 atom stereocenters. The van der Waals surface area contributed by atoms with Crippen LogP contribution in [0.25, 0.3) is 0 Å². The Balaban J connectivity index is 3.35. The van der Waals surface area contributed by atoms with Gasteiger partial charge in [-0.05, 0) is 37.5 Å². The van der Waals surface area contributed by atoms with Crippen molar-refractivity contribution >= 4 is 27.3 Å². The number of benzene rings is 1. The summed E-state index contributed by atoms with van der Waals surface area (Å²) >= 11 is 5.92. The van der Waals surface area contributed by atoms with E-state index in [0.29, 0.717) is 16.3 Å². The molecule has 1 aromatic rings. The minimum atomic E-state index is -3.57. The number of nitrogens with two attached hydrogens (primary N) is 1. The maximum Gasteiger partial charge on any atom is 0.243 e. The zero-order chi connectivity index (χ0) is 14.8. The van der Waals surface area contributed by atoms with Crippen LogP contribution in [0.4, 0.5) is 5.69 Å². The Morgan fingerprint density at radius 1 is 1.32 bits per heavy atom. The van der Waals surface area contributed by atoms with Crippen LogP contribution in [-0.4, -0.2) is 25.8 Å². The van der Waals surface area contributed by atoms with Gasteiger partial charge in [-0.25, -0.2) is 8.42 Å². The number of nitrogens with zero attached hydrogens (tertiary/aromatic N) is 1. The van der Waals surface area contributed by atoms with Gasteiger partial charge in [0.25, 0.3) is 0 Å². The molecule has 0 fully saturated rings. The number of hydrogen-bond acceptors (Lipinski definition) is 3. The molecule has 0 heterocycles. The number of halogens is 1. The number of rotatable bonds is 5. The second-order valence-corrected chi connectivity index (χ2v) is 7.01. The molecule has 0 radical (unpaired) electrons. The summed E-state index contributed by atoms with van der Waals surface area (Å²) in [4.78, 5) is 0.187. The van der Waals surface area contributed by atoms with Gasteiger partial charge in [-0.2, -0.15) is 4.31 Å². The molecule has 0 aromatic heterocycles. The van der Waals surface area contributed by atoms with Gasteiger partial charge in [0.1, 0.15) is 0 Å². The summed E-state index contributed by atoms with van der Waals surface area (Å²) in [6.45, 7) is 5.64. The van der Waals surface area contributed by atoms with Gasteiger partial charge in [-0.15, -0.1) is 0 Å². The maximum atomic E-state index is 12.6. The Bertz CT molecular complexity index is 554. The first-order valence-corrected chi connectivity index (χ1v) is 8.11. The number of hydrogen-bond donors (Lipinski definition) is 1. The molecule has 1 aromatic carbocycles. The summed E-state index contributed by atoms with van der Waals surface area (Å²) in [5.74, 6) is 0. The molecule has 0 unspecified atom stereocenters. The van der Waals surface area contributed by atoms with E-state index in [-0.39, 0.29) is 10.9 Å². The third-order valence-corrected chi connectivity index (χ3v) is 5.73. The van der Waals surface area contributed by atoms with Crippen molar-refractivity contribution in [3.05, 3.63) is 22.7 Å². The van der Waals surface area contributed by atoms with E-state index in [1.165, 1.54) is 10.4 Å². The van der Waals surface area contributed by atoms with Gasteiger partial charge in [-0.1, -0.05) is 25.4 Å². The highest BCUT2D eigenvalue weighted by molar-refractivity contribution is 7.89. The molecule has 0 saturated heterocycles. The largest absolute Gasteiger partial charge is 0.398 e. The van der Waals surface area contributed by atoms with E-state index in [4.69, 9.17) is 17.3 Å². The lowest BCUT2D eigenvalue weighted by atomic mass is 10.2. The van der Waals surface area contributed by atoms with E-state index in [9.17, 15) is 8.42 Å². The molecule has 0 aliphatic rings. The van der Waals surface area contributed by atoms with Crippen LogP contribution in [0.15, 0.2) is 17.0 Å². The predicted molar refractivity (Wildman–Crippen MR) is 79.9 cm³/mol. The fraction of sp³-hybridized carbons (Fsp3) is 0.538. The zero-order valence-electron chi connectivity index (χ0n) is 11.8. The lowest BCUT2D eigenvalue weighted by Crippen LogP contribution is -2.36. The molecule has 0 bridgehead atoms. The molecule has 2 N–H and O–H groups in total. The van der Waals surface area contributed by atoms with Crippen LogP contribution in [-0.2, 0) is 10.0 Å². The highest BCUT2D eigenvalue weighted by Crippen LogP contribution is 2.29. The number of anilines is 1. The molecule has 0 spiro atoms. The summed E-state index contributed by atoms with van der Waals surface area (Å²) < 4.78 is 26.7. The maximum absolute atomic E-state index is 12.6. The van der Waals surface area contributed by atoms with Crippen molar-refractivity contribution in [2.24, 2.45) is 0 Å². The van der Waals surface area contributed by atoms with E-state index in [1.54, 1.807) is 20.0 Å². The quantitative estimate of drug-likeness (QED) is 0.850. The topological polar surface area (TPSA) is 63.4 Å². The highest BCUT2D eigenvalue weighted by atomic mass is 35.5. The lowest BCUT2D eigenvalue weighted by Gasteiger charge is -2.26. The average Bonchev–Trinajstić information content (AvgIpc) is 2.34. The average molecular weight is 305 g/mol. The molecular formula is C13H21ClN2O2S. The van der Waals surface area contributed by atoms with Crippen molar-refractivity contribution in [3.63, 3.8) is 0 Å². The highest BCUT2D eigenvalue weighted by Gasteiger charge is 2.28. The minimum absolute atomic E-state index is 0.0235. The second kappa shape index (κ2) is 6.11. The summed E-state index contributed by atoms with van der Waals surface area (Å²) in [5, 5.41) is 0.333. The second-order valence-electron chi connectivity index (χ2n) is 4.61. The summed E-state index contributed by atoms with van der Waals surface area (Å²) in [7, 11) is -1.97. The lowest BCUT2D eigenvalue weighted by molar-refractivity contribution is 0.349. The molecule has 19 heavy (non-hydrogen) atoms. The van der Waals surface area contributed by atoms with Crippen molar-refractivity contribution in [3.8, 4) is 0 Å². The smallest absolute Gasteiger partial charge is 0.243 e. The summed E-state index contributed by atoms with van der Waals surface area (Å²) in [5.41, 5.74) is 6.73. The third kappa shape index (κ3) is 3.22. The first kappa shape index (κ1) is 16.3. The molecule has 0 aliphatic carbocycles. The molecule has 0 aliphatic heterocycles. The Labute approximate surface area is 120 Å². The Hall–Kier alpha value is -0.780. The van der Waals surface area contributed by atoms with Crippen molar-refractivity contribution in [2.45, 2.75) is 44.6 Å². The van der Waals surface area contributed by atoms with Crippen LogP contribution in [0, 0.1) is 6.92 Å². The van der Waals surface area contributed by atoms with Crippen LogP contribution < -0.4 is 5.73 Å². The van der Waals surface area contributed by atoms with Gasteiger partial charge in [0.2, 0.25) is 10.0 Å². The van der Waals surface area contributed by atoms with Crippen LogP contribution in [0.1, 0.15) is 32.3 Å². The Morgan fingerprint density at radius 3 is 2.32 bits per heavy atom. The minimum Gasteiger partial charge on any atom is -0.398 e. The van der Waals surface area contributed by atoms with Crippen LogP contribution in [0.3, 0.4) is 0 Å². The van der Waals surface area contributed by atoms with Crippen molar-refractivity contribution in [2.75, 3.05) is 12.8 Å². The first-order chi connectivity index (χ1) is 8.75. The standard InChI is InChI=1S/C13H21ClN2O2S/c1-5-11(6-2)16(4)19(17,18)13-8-10(14)7-12(15)9(13)3/h7-8,11H,5-6,15H2,1-4H3. The van der Waals surface area contributed by atoms with Gasteiger partial charge in [-0.3, -0.25) is 0 Å². The van der Waals surface area contributed by atoms with Gasteiger partial charge in [0, 0.05) is 23.8 Å². The van der Waals surface area contributed by atoms with E-state index in [0.717, 1.165) is 12.8 Å². The van der Waals surface area contributed by atoms with Gasteiger partial charge >= 0.3 is 0 Å². The molecular weight excluding hydrogens is 284 g/mol. The predicted octanol–water partition coefficient (Wildman–Crippen LogP) is 3.04. The molecule has 0 amide bonds. The number of nitrogen functional groups attached to an aromatic ring is 1. The summed E-state index contributed by atoms with van der Waals surface area (Å²) in [6, 6.07) is 3.00. The van der Waals surface area contributed by atoms with E-state index >= 15 is 0 Å². The van der Waals surface area contributed by atoms with Crippen molar-refractivity contribution in [1.29, 1.82) is 0 Å². The zero-order valence-corrected chi connectivity index (χ0v) is 13.3. The fourth-order valence-corrected chi connectivity index (χ4v) is 4.17. The van der Waals surface area contributed by atoms with Crippen LogP contribution >= 0.6 is 11.6 Å². The van der Waals surface area contributed by atoms with E-state index in [1.807, 2.05) is 13.8 Å². The molecule has 108 valence electrons. The van der Waals surface area contributed by atoms with Gasteiger partial charge < -0.3 is 5.73 Å². The van der Waals surface area contributed by atoms with Gasteiger partial charge in [0.15, 0.2) is 0 Å². The Morgan fingerprint density at radius 2 is 1.84 bits per heavy atom. The molecule has 4 nitrogen and oxygen atoms in total. The molecule has 0 saturated carbocycles. The normalized spacial score (nSPS) is 12.4. The number of sulfonamides is 1. The first-order valence-electron chi connectivity index (χ1n) is 6.29. The fourth-order valence-electron chi connectivity index (χ4n) is 2.10. The molecule has 1 rings (SSSR count). The van der Waals surface area contributed by atoms with E-state index in [2.05, 4.69) is 0 Å². The van der Waals surface area contributed by atoms with Crippen LogP contribution in [0.2, 0.25) is 5.02 Å². The molecule has 6 heteroatoms. The summed E-state index contributed by atoms with van der Waals surface area (Å²) in [6.07, 6.45) is 1.53. The van der Waals surface area contributed by atoms with Crippen LogP contribution in [0.5, 0.6) is 0 Å².